The van der Waals surface area contributed by atoms with E-state index in [0.29, 0.717) is 0 Å². The Hall–Kier alpha value is -1.03. The standard InChI is InChI=1S/C16H22BrNO2/c1-11-9-12(2)15(14(17)10-11)18(16(19)20-3)13-7-5-4-6-8-13/h9-10,13H,4-8H2,1-3H3. The summed E-state index contributed by atoms with van der Waals surface area (Å²) in [5.74, 6) is 0. The van der Waals surface area contributed by atoms with Crippen LogP contribution in [0.2, 0.25) is 0 Å². The van der Waals surface area contributed by atoms with Crippen LogP contribution < -0.4 is 4.90 Å². The van der Waals surface area contributed by atoms with Crippen LogP contribution in [-0.4, -0.2) is 19.2 Å². The number of carbonyl (C=O) groups is 1. The summed E-state index contributed by atoms with van der Waals surface area (Å²) in [7, 11) is 1.45. The van der Waals surface area contributed by atoms with Gasteiger partial charge in [-0.15, -0.1) is 0 Å². The quantitative estimate of drug-likeness (QED) is 0.761. The molecule has 4 heteroatoms. The zero-order chi connectivity index (χ0) is 14.7. The van der Waals surface area contributed by atoms with Gasteiger partial charge in [-0.3, -0.25) is 4.90 Å². The molecule has 0 aliphatic heterocycles. The lowest BCUT2D eigenvalue weighted by molar-refractivity contribution is 0.173. The van der Waals surface area contributed by atoms with Crippen molar-refractivity contribution in [3.63, 3.8) is 0 Å². The maximum absolute atomic E-state index is 12.3. The largest absolute Gasteiger partial charge is 0.452 e. The molecule has 1 fully saturated rings. The van der Waals surface area contributed by atoms with Gasteiger partial charge in [0.05, 0.1) is 12.8 Å². The second-order valence-corrected chi connectivity index (χ2v) is 6.40. The van der Waals surface area contributed by atoms with Crippen LogP contribution in [0.4, 0.5) is 10.5 Å². The summed E-state index contributed by atoms with van der Waals surface area (Å²) >= 11 is 3.61. The Kier molecular flexibility index (Phi) is 5.08. The summed E-state index contributed by atoms with van der Waals surface area (Å²) in [5, 5.41) is 0. The highest BCUT2D eigenvalue weighted by molar-refractivity contribution is 9.10. The maximum Gasteiger partial charge on any atom is 0.414 e. The number of carbonyl (C=O) groups excluding carboxylic acids is 1. The Bertz CT molecular complexity index is 472. The molecule has 3 nitrogen and oxygen atoms in total. The Morgan fingerprint density at radius 2 is 1.90 bits per heavy atom. The number of anilines is 1. The summed E-state index contributed by atoms with van der Waals surface area (Å²) in [6.07, 6.45) is 5.47. The van der Waals surface area contributed by atoms with Gasteiger partial charge in [0, 0.05) is 10.5 Å². The number of ether oxygens (including phenoxy) is 1. The maximum atomic E-state index is 12.3. The molecule has 110 valence electrons. The first-order valence-electron chi connectivity index (χ1n) is 7.18. The molecule has 0 saturated heterocycles. The topological polar surface area (TPSA) is 29.5 Å². The van der Waals surface area contributed by atoms with Crippen molar-refractivity contribution in [2.45, 2.75) is 52.0 Å². The fraction of sp³-hybridized carbons (Fsp3) is 0.562. The molecule has 0 spiro atoms. The number of halogens is 1. The molecular formula is C16H22BrNO2. The molecule has 0 unspecified atom stereocenters. The van der Waals surface area contributed by atoms with E-state index in [-0.39, 0.29) is 12.1 Å². The second-order valence-electron chi connectivity index (χ2n) is 5.54. The molecule has 1 aliphatic rings. The highest BCUT2D eigenvalue weighted by Gasteiger charge is 2.30. The molecule has 0 aromatic heterocycles. The van der Waals surface area contributed by atoms with E-state index in [0.717, 1.165) is 28.6 Å². The average molecular weight is 340 g/mol. The fourth-order valence-electron chi connectivity index (χ4n) is 3.07. The van der Waals surface area contributed by atoms with Crippen molar-refractivity contribution >= 4 is 27.7 Å². The lowest BCUT2D eigenvalue weighted by atomic mass is 9.93. The molecular weight excluding hydrogens is 318 g/mol. The van der Waals surface area contributed by atoms with E-state index >= 15 is 0 Å². The monoisotopic (exact) mass is 339 g/mol. The van der Waals surface area contributed by atoms with E-state index in [1.807, 2.05) is 11.8 Å². The molecule has 0 radical (unpaired) electrons. The van der Waals surface area contributed by atoms with Gasteiger partial charge in [0.25, 0.3) is 0 Å². The van der Waals surface area contributed by atoms with Gasteiger partial charge in [-0.2, -0.15) is 0 Å². The van der Waals surface area contributed by atoms with E-state index in [1.165, 1.54) is 31.9 Å². The van der Waals surface area contributed by atoms with Crippen molar-refractivity contribution in [1.82, 2.24) is 0 Å². The molecule has 2 rings (SSSR count). The van der Waals surface area contributed by atoms with Crippen LogP contribution in [0, 0.1) is 13.8 Å². The number of hydrogen-bond donors (Lipinski definition) is 0. The summed E-state index contributed by atoms with van der Waals surface area (Å²) in [5.41, 5.74) is 3.24. The molecule has 1 aliphatic carbocycles. The molecule has 1 aromatic rings. The Morgan fingerprint density at radius 3 is 2.45 bits per heavy atom. The second kappa shape index (κ2) is 6.61. The van der Waals surface area contributed by atoms with Crippen molar-refractivity contribution in [3.8, 4) is 0 Å². The van der Waals surface area contributed by atoms with Gasteiger partial charge in [-0.1, -0.05) is 25.3 Å². The zero-order valence-corrected chi connectivity index (χ0v) is 14.0. The van der Waals surface area contributed by atoms with Crippen LogP contribution >= 0.6 is 15.9 Å². The highest BCUT2D eigenvalue weighted by atomic mass is 79.9. The number of hydrogen-bond acceptors (Lipinski definition) is 2. The minimum atomic E-state index is -0.260. The lowest BCUT2D eigenvalue weighted by Gasteiger charge is -2.34. The Balaban J connectivity index is 2.43. The van der Waals surface area contributed by atoms with Gasteiger partial charge >= 0.3 is 6.09 Å². The third-order valence-electron chi connectivity index (χ3n) is 3.95. The first-order valence-corrected chi connectivity index (χ1v) is 7.98. The van der Waals surface area contributed by atoms with E-state index in [2.05, 4.69) is 35.0 Å². The number of methoxy groups -OCH3 is 1. The van der Waals surface area contributed by atoms with Gasteiger partial charge in [-0.05, 0) is 59.8 Å². The first kappa shape index (κ1) is 15.4. The average Bonchev–Trinajstić information content (AvgIpc) is 2.42. The molecule has 1 saturated carbocycles. The predicted octanol–water partition coefficient (Wildman–Crippen LogP) is 4.97. The summed E-state index contributed by atoms with van der Waals surface area (Å²) in [6.45, 7) is 4.11. The minimum Gasteiger partial charge on any atom is -0.452 e. The summed E-state index contributed by atoms with van der Waals surface area (Å²) < 4.78 is 5.99. The summed E-state index contributed by atoms with van der Waals surface area (Å²) in [4.78, 5) is 14.1. The van der Waals surface area contributed by atoms with Crippen molar-refractivity contribution in [1.29, 1.82) is 0 Å². The SMILES string of the molecule is COC(=O)N(c1c(C)cc(C)cc1Br)C1CCCCC1. The van der Waals surface area contributed by atoms with Gasteiger partial charge in [0.2, 0.25) is 0 Å². The molecule has 1 aromatic carbocycles. The number of amides is 1. The van der Waals surface area contributed by atoms with E-state index in [4.69, 9.17) is 4.74 Å². The minimum absolute atomic E-state index is 0.244. The van der Waals surface area contributed by atoms with Crippen LogP contribution in [0.25, 0.3) is 0 Å². The van der Waals surface area contributed by atoms with Crippen LogP contribution in [-0.2, 0) is 4.74 Å². The van der Waals surface area contributed by atoms with E-state index < -0.39 is 0 Å². The highest BCUT2D eigenvalue weighted by Crippen LogP contribution is 2.36. The normalized spacial score (nSPS) is 16.0. The van der Waals surface area contributed by atoms with Crippen molar-refractivity contribution in [3.05, 3.63) is 27.7 Å². The number of benzene rings is 1. The third kappa shape index (κ3) is 3.17. The molecule has 1 amide bonds. The van der Waals surface area contributed by atoms with Gasteiger partial charge in [-0.25, -0.2) is 4.79 Å². The third-order valence-corrected chi connectivity index (χ3v) is 4.55. The van der Waals surface area contributed by atoms with E-state index in [9.17, 15) is 4.79 Å². The Morgan fingerprint density at radius 1 is 1.25 bits per heavy atom. The van der Waals surface area contributed by atoms with Gasteiger partial charge < -0.3 is 4.74 Å². The van der Waals surface area contributed by atoms with Gasteiger partial charge in [0.1, 0.15) is 0 Å². The molecule has 0 heterocycles. The molecule has 0 bridgehead atoms. The van der Waals surface area contributed by atoms with Crippen molar-refractivity contribution in [2.24, 2.45) is 0 Å². The fourth-order valence-corrected chi connectivity index (χ4v) is 3.94. The van der Waals surface area contributed by atoms with Crippen LogP contribution in [0.3, 0.4) is 0 Å². The lowest BCUT2D eigenvalue weighted by Crippen LogP contribution is -2.42. The van der Waals surface area contributed by atoms with Crippen LogP contribution in [0.1, 0.15) is 43.2 Å². The molecule has 0 atom stereocenters. The van der Waals surface area contributed by atoms with Crippen molar-refractivity contribution in [2.75, 3.05) is 12.0 Å². The predicted molar refractivity (Wildman–Crippen MR) is 85.4 cm³/mol. The first-order chi connectivity index (χ1) is 9.54. The molecule has 20 heavy (non-hydrogen) atoms. The smallest absolute Gasteiger partial charge is 0.414 e. The zero-order valence-electron chi connectivity index (χ0n) is 12.4. The van der Waals surface area contributed by atoms with Crippen LogP contribution in [0.5, 0.6) is 0 Å². The van der Waals surface area contributed by atoms with E-state index in [1.54, 1.807) is 0 Å². The van der Waals surface area contributed by atoms with Crippen molar-refractivity contribution < 1.29 is 9.53 Å². The number of rotatable bonds is 2. The summed E-state index contributed by atoms with van der Waals surface area (Å²) in [6, 6.07) is 4.41. The number of aryl methyl sites for hydroxylation is 2. The van der Waals surface area contributed by atoms with Gasteiger partial charge in [0.15, 0.2) is 0 Å². The Labute approximate surface area is 129 Å². The van der Waals surface area contributed by atoms with Crippen LogP contribution in [0.15, 0.2) is 16.6 Å². The molecule has 0 N–H and O–H groups in total. The number of nitrogens with zero attached hydrogens (tertiary/aromatic N) is 1.